The minimum absolute atomic E-state index is 0.139. The Balaban J connectivity index is 1.46. The highest BCUT2D eigenvalue weighted by Crippen LogP contribution is 2.31. The second-order valence-electron chi connectivity index (χ2n) is 9.40. The van der Waals surface area contributed by atoms with Crippen molar-refractivity contribution in [3.05, 3.63) is 75.0 Å². The van der Waals surface area contributed by atoms with Crippen molar-refractivity contribution in [3.8, 4) is 0 Å². The second kappa shape index (κ2) is 8.83. The van der Waals surface area contributed by atoms with Gasteiger partial charge in [0.1, 0.15) is 0 Å². The van der Waals surface area contributed by atoms with Gasteiger partial charge in [-0.1, -0.05) is 36.4 Å². The van der Waals surface area contributed by atoms with Crippen LogP contribution in [0.4, 0.5) is 5.69 Å². The van der Waals surface area contributed by atoms with Crippen molar-refractivity contribution in [1.29, 1.82) is 0 Å². The minimum atomic E-state index is -0.164. The summed E-state index contributed by atoms with van der Waals surface area (Å²) < 4.78 is 6.19. The number of likely N-dealkylation sites (N-methyl/N-ethyl adjacent to an activating group) is 1. The van der Waals surface area contributed by atoms with Gasteiger partial charge in [0.05, 0.1) is 21.8 Å². The van der Waals surface area contributed by atoms with E-state index in [4.69, 9.17) is 4.42 Å². The number of fused-ring (bicyclic) bond motifs is 5. The molecule has 0 saturated carbocycles. The van der Waals surface area contributed by atoms with Crippen LogP contribution in [0.25, 0.3) is 43.7 Å². The highest BCUT2D eigenvalue weighted by molar-refractivity contribution is 6.14. The van der Waals surface area contributed by atoms with Gasteiger partial charge in [-0.2, -0.15) is 0 Å². The fourth-order valence-corrected chi connectivity index (χ4v) is 5.12. The molecule has 1 aliphatic heterocycles. The summed E-state index contributed by atoms with van der Waals surface area (Å²) in [5, 5.41) is 5.13. The van der Waals surface area contributed by atoms with Gasteiger partial charge in [-0.15, -0.1) is 0 Å². The zero-order chi connectivity index (χ0) is 23.9. The van der Waals surface area contributed by atoms with Gasteiger partial charge in [-0.3, -0.25) is 9.59 Å². The molecule has 1 saturated heterocycles. The van der Waals surface area contributed by atoms with Gasteiger partial charge >= 0.3 is 0 Å². The SMILES string of the molecule is CN1CCN(CCCNc2cc3oc4ccccc4[nH]c3c3c(=O)c4ccccc4c(=O)c23)CC1. The van der Waals surface area contributed by atoms with E-state index in [2.05, 4.69) is 27.1 Å². The number of benzene rings is 4. The smallest absolute Gasteiger partial charge is 0.196 e. The first-order valence-corrected chi connectivity index (χ1v) is 12.2. The molecular formula is C28H28N4O3. The topological polar surface area (TPSA) is 81.6 Å². The number of nitrogens with zero attached hydrogens (tertiary/aromatic N) is 2. The van der Waals surface area contributed by atoms with Crippen LogP contribution in [0, 0.1) is 0 Å². The van der Waals surface area contributed by atoms with Crippen LogP contribution >= 0.6 is 0 Å². The Morgan fingerprint density at radius 3 is 2.34 bits per heavy atom. The number of nitrogens with one attached hydrogen (secondary N) is 2. The van der Waals surface area contributed by atoms with Crippen molar-refractivity contribution in [3.63, 3.8) is 0 Å². The molecule has 0 amide bonds. The zero-order valence-corrected chi connectivity index (χ0v) is 19.8. The first-order valence-electron chi connectivity index (χ1n) is 12.2. The maximum absolute atomic E-state index is 13.7. The van der Waals surface area contributed by atoms with E-state index < -0.39 is 0 Å². The maximum Gasteiger partial charge on any atom is 0.196 e. The number of anilines is 1. The van der Waals surface area contributed by atoms with Gasteiger partial charge in [0.2, 0.25) is 0 Å². The van der Waals surface area contributed by atoms with Crippen LogP contribution < -0.4 is 16.2 Å². The summed E-state index contributed by atoms with van der Waals surface area (Å²) in [7, 11) is 2.16. The molecular weight excluding hydrogens is 440 g/mol. The van der Waals surface area contributed by atoms with E-state index >= 15 is 0 Å². The summed E-state index contributed by atoms with van der Waals surface area (Å²) in [5.41, 5.74) is 2.90. The van der Waals surface area contributed by atoms with Crippen LogP contribution in [0.2, 0.25) is 0 Å². The van der Waals surface area contributed by atoms with Crippen LogP contribution in [0.5, 0.6) is 0 Å². The average Bonchev–Trinajstić information content (AvgIpc) is 2.89. The van der Waals surface area contributed by atoms with E-state index in [-0.39, 0.29) is 10.9 Å². The summed E-state index contributed by atoms with van der Waals surface area (Å²) in [4.78, 5) is 35.5. The van der Waals surface area contributed by atoms with Crippen molar-refractivity contribution in [1.82, 2.24) is 14.8 Å². The summed E-state index contributed by atoms with van der Waals surface area (Å²) in [6.45, 7) is 6.03. The Hall–Kier alpha value is -3.68. The molecule has 4 aromatic carbocycles. The average molecular weight is 469 g/mol. The standard InChI is InChI=1S/C28H28N4O3/c1-31-13-15-32(16-14-31)12-6-11-29-21-17-23-26(30-20-9-4-5-10-22(20)35-23)25-24(21)27(33)18-7-2-3-8-19(18)28(25)34/h2-5,7-10,17,29-30H,6,11-16H2,1H3. The van der Waals surface area contributed by atoms with Gasteiger partial charge in [0.15, 0.2) is 22.0 Å². The number of hydrogen-bond acceptors (Lipinski definition) is 6. The first-order chi connectivity index (χ1) is 17.1. The van der Waals surface area contributed by atoms with Crippen molar-refractivity contribution >= 4 is 49.4 Å². The molecule has 7 heteroatoms. The molecule has 2 heterocycles. The molecule has 1 aliphatic rings. The number of aromatic nitrogens is 1. The molecule has 7 nitrogen and oxygen atoms in total. The zero-order valence-electron chi connectivity index (χ0n) is 19.8. The lowest BCUT2D eigenvalue weighted by molar-refractivity contribution is 0.154. The van der Waals surface area contributed by atoms with Gasteiger partial charge in [0.25, 0.3) is 0 Å². The molecule has 0 atom stereocenters. The predicted octanol–water partition coefficient (Wildman–Crippen LogP) is 3.99. The normalized spacial score (nSPS) is 15.5. The highest BCUT2D eigenvalue weighted by Gasteiger charge is 2.19. The second-order valence-corrected chi connectivity index (χ2v) is 9.40. The molecule has 0 spiro atoms. The van der Waals surface area contributed by atoms with Gasteiger partial charge in [-0.05, 0) is 32.1 Å². The Morgan fingerprint density at radius 2 is 1.57 bits per heavy atom. The Kier molecular flexibility index (Phi) is 5.51. The number of para-hydroxylation sites is 2. The van der Waals surface area contributed by atoms with Crippen LogP contribution in [0.15, 0.2) is 68.6 Å². The third-order valence-corrected chi connectivity index (χ3v) is 7.09. The monoisotopic (exact) mass is 468 g/mol. The fraction of sp³-hybridized carbons (Fsp3) is 0.286. The van der Waals surface area contributed by atoms with Crippen molar-refractivity contribution < 1.29 is 4.42 Å². The third-order valence-electron chi connectivity index (χ3n) is 7.09. The summed E-state index contributed by atoms with van der Waals surface area (Å²) in [6, 6.07) is 16.5. The summed E-state index contributed by atoms with van der Waals surface area (Å²) in [5.74, 6) is 0. The molecule has 35 heavy (non-hydrogen) atoms. The predicted molar refractivity (Wildman–Crippen MR) is 143 cm³/mol. The van der Waals surface area contributed by atoms with Crippen LogP contribution in [-0.4, -0.2) is 61.1 Å². The lowest BCUT2D eigenvalue weighted by atomic mass is 9.99. The molecule has 0 unspecified atom stereocenters. The molecule has 6 rings (SSSR count). The van der Waals surface area contributed by atoms with E-state index in [1.807, 2.05) is 30.3 Å². The van der Waals surface area contributed by atoms with Gasteiger partial charge in [0, 0.05) is 55.2 Å². The molecule has 2 N–H and O–H groups in total. The summed E-state index contributed by atoms with van der Waals surface area (Å²) in [6.07, 6.45) is 0.941. The largest absolute Gasteiger partial charge is 0.453 e. The molecule has 1 fully saturated rings. The quantitative estimate of drug-likeness (QED) is 0.231. The number of rotatable bonds is 5. The third kappa shape index (κ3) is 3.87. The fourth-order valence-electron chi connectivity index (χ4n) is 5.12. The summed E-state index contributed by atoms with van der Waals surface area (Å²) >= 11 is 0. The van der Waals surface area contributed by atoms with Crippen LogP contribution in [0.3, 0.4) is 0 Å². The molecule has 0 bridgehead atoms. The van der Waals surface area contributed by atoms with Gasteiger partial charge < -0.3 is 24.5 Å². The Labute approximate surface area is 201 Å². The minimum Gasteiger partial charge on any atom is -0.453 e. The highest BCUT2D eigenvalue weighted by atomic mass is 16.3. The lowest BCUT2D eigenvalue weighted by Gasteiger charge is -2.32. The van der Waals surface area contributed by atoms with E-state index in [1.165, 1.54) is 0 Å². The van der Waals surface area contributed by atoms with E-state index in [9.17, 15) is 9.59 Å². The first kappa shape index (κ1) is 21.8. The molecule has 0 radical (unpaired) electrons. The van der Waals surface area contributed by atoms with Crippen LogP contribution in [0.1, 0.15) is 6.42 Å². The van der Waals surface area contributed by atoms with Crippen molar-refractivity contribution in [2.24, 2.45) is 0 Å². The molecule has 5 aromatic rings. The number of H-pyrrole nitrogens is 1. The maximum atomic E-state index is 13.7. The molecule has 1 aromatic heterocycles. The number of hydrogen-bond donors (Lipinski definition) is 2. The van der Waals surface area contributed by atoms with E-state index in [0.29, 0.717) is 50.5 Å². The Bertz CT molecular complexity index is 1680. The van der Waals surface area contributed by atoms with Crippen molar-refractivity contribution in [2.75, 3.05) is 51.6 Å². The van der Waals surface area contributed by atoms with E-state index in [1.54, 1.807) is 24.3 Å². The number of piperazine rings is 1. The lowest BCUT2D eigenvalue weighted by Crippen LogP contribution is -2.44. The molecule has 0 aliphatic carbocycles. The van der Waals surface area contributed by atoms with E-state index in [0.717, 1.165) is 44.7 Å². The van der Waals surface area contributed by atoms with Crippen LogP contribution in [-0.2, 0) is 0 Å². The number of aromatic amines is 1. The molecule has 178 valence electrons. The Morgan fingerprint density at radius 1 is 0.886 bits per heavy atom. The van der Waals surface area contributed by atoms with Crippen molar-refractivity contribution in [2.45, 2.75) is 6.42 Å². The van der Waals surface area contributed by atoms with Gasteiger partial charge in [-0.25, -0.2) is 0 Å².